The third-order valence-corrected chi connectivity index (χ3v) is 15.7. The number of aliphatic carboxylic acids is 5. The van der Waals surface area contributed by atoms with E-state index in [-0.39, 0.29) is 25.8 Å². The van der Waals surface area contributed by atoms with E-state index in [1.54, 1.807) is 109 Å². The quantitative estimate of drug-likeness (QED) is 0.0154. The van der Waals surface area contributed by atoms with Crippen molar-refractivity contribution in [3.05, 3.63) is 137 Å². The van der Waals surface area contributed by atoms with Gasteiger partial charge in [0, 0.05) is 36.8 Å². The monoisotopic (exact) mass is 1470 g/mol. The Morgan fingerprint density at radius 3 is 1.20 bits per heavy atom. The van der Waals surface area contributed by atoms with Gasteiger partial charge in [0.15, 0.2) is 0 Å². The molecule has 36 heteroatoms. The highest BCUT2D eigenvalue weighted by molar-refractivity contribution is 6.02. The Labute approximate surface area is 604 Å². The number of unbranched alkanes of at least 4 members (excludes halogenated alkanes) is 2. The summed E-state index contributed by atoms with van der Waals surface area (Å²) in [5.74, 6) is -17.3. The number of hydrogen-bond acceptors (Lipinski definition) is 18. The third-order valence-electron chi connectivity index (χ3n) is 15.7. The van der Waals surface area contributed by atoms with Crippen LogP contribution < -0.4 is 69.1 Å². The van der Waals surface area contributed by atoms with E-state index < -0.39 is 220 Å². The first-order chi connectivity index (χ1) is 50.4. The van der Waals surface area contributed by atoms with E-state index in [9.17, 15) is 112 Å². The second-order valence-corrected chi connectivity index (χ2v) is 24.0. The number of carbonyl (C=O) groups is 18. The lowest BCUT2D eigenvalue weighted by atomic mass is 10.0. The number of hydrogen-bond donors (Lipinski definition) is 17. The zero-order chi connectivity index (χ0) is 78.0. The standard InChI is InChI=1S/C70H81N13O23/c1-2-3-6-22-44(63(71)99)77-65(101)45(28-39-15-7-4-8-16-39)78-66(102)46(29-40-17-9-5-10-18-40)79-69(105)50(33-61(95)96)82-70(106)51(34-62(97)98)81-68(104)49(32-60(93)94)76-56(87)37-73-54(85)35-72-55(86)36-74-64(100)47(30-58(89)90)80-67(103)48(31-59(91)92)75-53(84)26-27-57(88)83-38-43-21-12-11-19-41(43)24-25-42-20-13-14-23-52(42)83/h4-5,7-21,23,44-51H,2-3,6,22,26-38H2,1H3,(H2,71,99)(H,72,86)(H,73,85)(H,74,100)(H,75,84)(H,76,87)(H,77,101)(H,78,102)(H,79,105)(H,80,103)(H,81,104)(H,82,106)(H,89,90)(H,91,92)(H,93,94)(H,95,96)(H,97,98)/t44-,45-,46-,47-,48-,49-,50-,51-/m0/s1. The zero-order valence-corrected chi connectivity index (χ0v) is 57.1. The summed E-state index contributed by atoms with van der Waals surface area (Å²) < 4.78 is 0. The van der Waals surface area contributed by atoms with Gasteiger partial charge in [0.05, 0.1) is 64.0 Å². The van der Waals surface area contributed by atoms with Gasteiger partial charge in [0.25, 0.3) is 0 Å². The Bertz CT molecular complexity index is 4000. The van der Waals surface area contributed by atoms with Gasteiger partial charge in [0.2, 0.25) is 76.8 Å². The van der Waals surface area contributed by atoms with Gasteiger partial charge in [-0.25, -0.2) is 0 Å². The van der Waals surface area contributed by atoms with E-state index in [0.29, 0.717) is 46.3 Å². The summed E-state index contributed by atoms with van der Waals surface area (Å²) in [5, 5.41) is 72.2. The second kappa shape index (κ2) is 42.4. The lowest BCUT2D eigenvalue weighted by Gasteiger charge is -2.27. The van der Waals surface area contributed by atoms with Crippen LogP contribution in [0.5, 0.6) is 0 Å². The minimum atomic E-state index is -2.26. The van der Waals surface area contributed by atoms with Crippen LogP contribution in [0.25, 0.3) is 0 Å². The molecule has 4 aromatic rings. The van der Waals surface area contributed by atoms with Crippen molar-refractivity contribution in [2.45, 2.75) is 145 Å². The number of benzene rings is 4. The van der Waals surface area contributed by atoms with Gasteiger partial charge in [-0.1, -0.05) is 129 Å². The molecule has 5 rings (SSSR count). The first-order valence-corrected chi connectivity index (χ1v) is 33.1. The largest absolute Gasteiger partial charge is 0.481 e. The Morgan fingerprint density at radius 1 is 0.387 bits per heavy atom. The molecule has 1 heterocycles. The summed E-state index contributed by atoms with van der Waals surface area (Å²) in [6.45, 7) is -1.01. The molecule has 0 bridgehead atoms. The molecule has 36 nitrogen and oxygen atoms in total. The van der Waals surface area contributed by atoms with Crippen LogP contribution >= 0.6 is 0 Å². The van der Waals surface area contributed by atoms with E-state index in [4.69, 9.17) is 5.73 Å². The number of nitrogens with two attached hydrogens (primary N) is 1. The van der Waals surface area contributed by atoms with Crippen LogP contribution in [0.3, 0.4) is 0 Å². The van der Waals surface area contributed by atoms with E-state index >= 15 is 0 Å². The molecule has 0 aromatic heterocycles. The van der Waals surface area contributed by atoms with Gasteiger partial charge in [-0.15, -0.1) is 0 Å². The van der Waals surface area contributed by atoms with Crippen LogP contribution in [0.4, 0.5) is 5.69 Å². The molecule has 0 aliphatic carbocycles. The van der Waals surface area contributed by atoms with Crippen molar-refractivity contribution in [1.82, 2.24) is 58.5 Å². The molecule has 1 aliphatic heterocycles. The number of carbonyl (C=O) groups excluding carboxylic acids is 13. The fourth-order valence-electron chi connectivity index (χ4n) is 10.4. The molecule has 0 fully saturated rings. The molecule has 0 saturated heterocycles. The highest BCUT2D eigenvalue weighted by atomic mass is 16.4. The highest BCUT2D eigenvalue weighted by Crippen LogP contribution is 2.26. The lowest BCUT2D eigenvalue weighted by Crippen LogP contribution is -2.60. The summed E-state index contributed by atoms with van der Waals surface area (Å²) in [5.41, 5.74) is 8.96. The molecule has 0 saturated carbocycles. The number of primary amides is 1. The number of nitrogens with zero attached hydrogens (tertiary/aromatic N) is 1. The van der Waals surface area contributed by atoms with Gasteiger partial charge >= 0.3 is 29.8 Å². The van der Waals surface area contributed by atoms with E-state index in [1.165, 1.54) is 4.90 Å². The Balaban J connectivity index is 1.16. The zero-order valence-electron chi connectivity index (χ0n) is 57.1. The summed E-state index contributed by atoms with van der Waals surface area (Å²) in [6.07, 6.45) is -5.29. The van der Waals surface area contributed by atoms with Crippen molar-refractivity contribution in [1.29, 1.82) is 0 Å². The topological polar surface area (TPSA) is 570 Å². The number of fused-ring (bicyclic) bond motifs is 2. The predicted octanol–water partition coefficient (Wildman–Crippen LogP) is -3.14. The SMILES string of the molecule is CCCCC[C@H](NC(=O)[C@H](Cc1ccccc1)NC(=O)[C@H](Cc1ccccc1)NC(=O)[C@H](CC(=O)O)NC(=O)[C@H](CC(=O)O)NC(=O)[C@H](CC(=O)O)NC(=O)CNC(=O)CNC(=O)CNC(=O)[C@H](CC(=O)O)NC(=O)[C@H](CC(=O)O)NC(=O)CCC(=O)N1Cc2ccccc2C#Cc2ccccc21)C(N)=O. The molecule has 0 unspecified atom stereocenters. The minimum Gasteiger partial charge on any atom is -0.481 e. The molecule has 0 radical (unpaired) electrons. The van der Waals surface area contributed by atoms with Crippen LogP contribution in [0, 0.1) is 11.8 Å². The van der Waals surface area contributed by atoms with Crippen molar-refractivity contribution >= 4 is 112 Å². The normalized spacial score (nSPS) is 13.3. The second-order valence-electron chi connectivity index (χ2n) is 24.0. The average Bonchev–Trinajstić information content (AvgIpc) is 0.804. The van der Waals surface area contributed by atoms with Crippen LogP contribution in [0.1, 0.15) is 105 Å². The van der Waals surface area contributed by atoms with Crippen molar-refractivity contribution in [3.63, 3.8) is 0 Å². The maximum absolute atomic E-state index is 14.3. The van der Waals surface area contributed by atoms with Gasteiger partial charge in [-0.05, 0) is 41.3 Å². The number of rotatable bonds is 43. The summed E-state index contributed by atoms with van der Waals surface area (Å²) in [7, 11) is 0. The molecule has 13 amide bonds. The molecule has 18 N–H and O–H groups in total. The van der Waals surface area contributed by atoms with Crippen LogP contribution in [0.2, 0.25) is 0 Å². The average molecular weight is 1470 g/mol. The van der Waals surface area contributed by atoms with E-state index in [0.717, 1.165) is 6.42 Å². The smallest absolute Gasteiger partial charge is 0.305 e. The molecular formula is C70H81N13O23. The van der Waals surface area contributed by atoms with Crippen molar-refractivity contribution in [2.24, 2.45) is 5.73 Å². The Morgan fingerprint density at radius 2 is 0.745 bits per heavy atom. The van der Waals surface area contributed by atoms with Gasteiger partial charge in [0.1, 0.15) is 48.3 Å². The van der Waals surface area contributed by atoms with Gasteiger partial charge < -0.3 is 94.7 Å². The van der Waals surface area contributed by atoms with E-state index in [1.807, 2.05) is 44.1 Å². The molecule has 106 heavy (non-hydrogen) atoms. The molecular weight excluding hydrogens is 1390 g/mol. The molecule has 1 aliphatic rings. The third kappa shape index (κ3) is 29.1. The van der Waals surface area contributed by atoms with Gasteiger partial charge in [-0.3, -0.25) is 86.3 Å². The lowest BCUT2D eigenvalue weighted by molar-refractivity contribution is -0.144. The maximum atomic E-state index is 14.3. The number of para-hydroxylation sites is 1. The van der Waals surface area contributed by atoms with Crippen LogP contribution in [0.15, 0.2) is 109 Å². The van der Waals surface area contributed by atoms with Crippen molar-refractivity contribution in [3.8, 4) is 11.8 Å². The summed E-state index contributed by atoms with van der Waals surface area (Å²) in [4.78, 5) is 236. The van der Waals surface area contributed by atoms with Crippen molar-refractivity contribution in [2.75, 3.05) is 24.5 Å². The highest BCUT2D eigenvalue weighted by Gasteiger charge is 2.37. The fourth-order valence-corrected chi connectivity index (χ4v) is 10.4. The maximum Gasteiger partial charge on any atom is 0.305 e. The first-order valence-electron chi connectivity index (χ1n) is 33.1. The first kappa shape index (κ1) is 83.6. The number of carboxylic acids is 5. The van der Waals surface area contributed by atoms with Crippen molar-refractivity contribution < 1.29 is 112 Å². The number of anilines is 1. The fraction of sp³-hybridized carbons (Fsp3) is 0.371. The predicted molar refractivity (Wildman–Crippen MR) is 369 cm³/mol. The molecule has 8 atom stereocenters. The number of amides is 13. The number of carboxylic acid groups (broad SMARTS) is 5. The van der Waals surface area contributed by atoms with Crippen LogP contribution in [-0.4, -0.2) is 200 Å². The summed E-state index contributed by atoms with van der Waals surface area (Å²) >= 11 is 0. The summed E-state index contributed by atoms with van der Waals surface area (Å²) in [6, 6.07) is 15.5. The van der Waals surface area contributed by atoms with E-state index in [2.05, 4.69) is 33.1 Å². The molecule has 4 aromatic carbocycles. The van der Waals surface area contributed by atoms with Crippen LogP contribution in [-0.2, 0) is 106 Å². The molecule has 564 valence electrons. The number of nitrogens with one attached hydrogen (secondary N) is 11. The van der Waals surface area contributed by atoms with Gasteiger partial charge in [-0.2, -0.15) is 0 Å². The molecule has 0 spiro atoms. The Kier molecular flexibility index (Phi) is 33.4. The Hall–Kier alpha value is -13.1. The minimum absolute atomic E-state index is 0.0812.